The number of hydrogen-bond donors (Lipinski definition) is 2. The zero-order valence-corrected chi connectivity index (χ0v) is 17.3. The van der Waals surface area contributed by atoms with Crippen LogP contribution in [0.15, 0.2) is 18.2 Å². The first kappa shape index (κ1) is 19.0. The molecule has 1 aromatic carbocycles. The predicted octanol–water partition coefficient (Wildman–Crippen LogP) is 4.73. The molecule has 2 N–H and O–H groups in total. The van der Waals surface area contributed by atoms with Crippen LogP contribution < -0.4 is 20.1 Å². The molecule has 0 saturated carbocycles. The monoisotopic (exact) mass is 418 g/mol. The van der Waals surface area contributed by atoms with E-state index in [2.05, 4.69) is 10.6 Å². The summed E-state index contributed by atoms with van der Waals surface area (Å²) in [6.45, 7) is 2.40. The minimum Gasteiger partial charge on any atom is -0.462 e. The number of carbonyl (C=O) groups excluding carboxylic acids is 1. The van der Waals surface area contributed by atoms with Crippen molar-refractivity contribution in [3.8, 4) is 11.5 Å². The molecule has 0 saturated heterocycles. The Bertz CT molecular complexity index is 910. The molecule has 1 aromatic heterocycles. The summed E-state index contributed by atoms with van der Waals surface area (Å²) >= 11 is 7.09. The van der Waals surface area contributed by atoms with Crippen LogP contribution in [0.5, 0.6) is 11.5 Å². The van der Waals surface area contributed by atoms with Gasteiger partial charge in [-0.3, -0.25) is 0 Å². The van der Waals surface area contributed by atoms with Crippen LogP contribution in [-0.2, 0) is 17.6 Å². The van der Waals surface area contributed by atoms with Gasteiger partial charge in [-0.2, -0.15) is 0 Å². The van der Waals surface area contributed by atoms with Gasteiger partial charge in [-0.05, 0) is 62.5 Å². The van der Waals surface area contributed by atoms with E-state index in [-0.39, 0.29) is 12.8 Å². The minimum absolute atomic E-state index is 0.227. The zero-order chi connectivity index (χ0) is 19.5. The maximum Gasteiger partial charge on any atom is 0.341 e. The number of thiophene rings is 1. The summed E-state index contributed by atoms with van der Waals surface area (Å²) in [5.74, 6) is 1.12. The Hall–Kier alpha value is -2.32. The number of benzene rings is 1. The molecular weight excluding hydrogens is 396 g/mol. The fraction of sp³-hybridized carbons (Fsp3) is 0.400. The standard InChI is InChI=1S/C20H22N2O4S2/c1-2-24-19(23)17-13-6-4-3-5-7-16(13)28-18(17)22-20(27)21-12-8-9-14-15(10-12)26-11-25-14/h8-10H,2-7,11H2,1H3,(H2,21,22,27). The van der Waals surface area contributed by atoms with Gasteiger partial charge in [-0.1, -0.05) is 6.42 Å². The lowest BCUT2D eigenvalue weighted by atomic mass is 10.1. The minimum atomic E-state index is -0.282. The average Bonchev–Trinajstić information content (AvgIpc) is 3.19. The third-order valence-electron chi connectivity index (χ3n) is 4.76. The predicted molar refractivity (Wildman–Crippen MR) is 114 cm³/mol. The van der Waals surface area contributed by atoms with Gasteiger partial charge in [0.2, 0.25) is 6.79 Å². The second-order valence-corrected chi connectivity index (χ2v) is 8.15. The van der Waals surface area contributed by atoms with Crippen molar-refractivity contribution in [2.75, 3.05) is 24.0 Å². The molecule has 6 nitrogen and oxygen atoms in total. The summed E-state index contributed by atoms with van der Waals surface area (Å²) in [6, 6.07) is 5.55. The molecule has 0 unspecified atom stereocenters. The van der Waals surface area contributed by atoms with E-state index < -0.39 is 0 Å². The maximum absolute atomic E-state index is 12.6. The quantitative estimate of drug-likeness (QED) is 0.423. The molecule has 1 aliphatic carbocycles. The van der Waals surface area contributed by atoms with Crippen molar-refractivity contribution in [3.05, 3.63) is 34.2 Å². The smallest absolute Gasteiger partial charge is 0.341 e. The summed E-state index contributed by atoms with van der Waals surface area (Å²) in [4.78, 5) is 13.9. The topological polar surface area (TPSA) is 68.8 Å². The van der Waals surface area contributed by atoms with Crippen LogP contribution in [0.2, 0.25) is 0 Å². The molecule has 0 bridgehead atoms. The Morgan fingerprint density at radius 3 is 2.86 bits per heavy atom. The fourth-order valence-electron chi connectivity index (χ4n) is 3.49. The Morgan fingerprint density at radius 1 is 1.18 bits per heavy atom. The van der Waals surface area contributed by atoms with E-state index in [1.165, 1.54) is 11.3 Å². The molecule has 0 radical (unpaired) electrons. The Labute approximate surface area is 173 Å². The largest absolute Gasteiger partial charge is 0.462 e. The van der Waals surface area contributed by atoms with Crippen molar-refractivity contribution < 1.29 is 19.0 Å². The van der Waals surface area contributed by atoms with E-state index in [1.807, 2.05) is 25.1 Å². The van der Waals surface area contributed by atoms with Crippen LogP contribution in [0.3, 0.4) is 0 Å². The van der Waals surface area contributed by atoms with Gasteiger partial charge in [0.15, 0.2) is 16.6 Å². The van der Waals surface area contributed by atoms with Gasteiger partial charge in [0.05, 0.1) is 12.2 Å². The summed E-state index contributed by atoms with van der Waals surface area (Å²) in [5, 5.41) is 7.53. The first-order valence-electron chi connectivity index (χ1n) is 9.45. The van der Waals surface area contributed by atoms with E-state index in [0.29, 0.717) is 23.0 Å². The number of thiocarbonyl (C=S) groups is 1. The van der Waals surface area contributed by atoms with Crippen LogP contribution in [0, 0.1) is 0 Å². The lowest BCUT2D eigenvalue weighted by Gasteiger charge is -2.12. The van der Waals surface area contributed by atoms with Crippen molar-refractivity contribution in [1.82, 2.24) is 0 Å². The van der Waals surface area contributed by atoms with Gasteiger partial charge in [-0.25, -0.2) is 4.79 Å². The van der Waals surface area contributed by atoms with Crippen molar-refractivity contribution in [2.24, 2.45) is 0 Å². The molecule has 0 spiro atoms. The lowest BCUT2D eigenvalue weighted by molar-refractivity contribution is 0.0527. The molecule has 2 aliphatic rings. The number of nitrogens with one attached hydrogen (secondary N) is 2. The van der Waals surface area contributed by atoms with Crippen LogP contribution in [-0.4, -0.2) is 24.5 Å². The summed E-state index contributed by atoms with van der Waals surface area (Å²) in [5.41, 5.74) is 2.55. The number of rotatable bonds is 4. The molecule has 8 heteroatoms. The molecule has 0 amide bonds. The van der Waals surface area contributed by atoms with Crippen molar-refractivity contribution in [2.45, 2.75) is 39.0 Å². The number of hydrogen-bond acceptors (Lipinski definition) is 6. The summed E-state index contributed by atoms with van der Waals surface area (Å²) < 4.78 is 16.0. The van der Waals surface area contributed by atoms with E-state index >= 15 is 0 Å². The molecule has 28 heavy (non-hydrogen) atoms. The number of fused-ring (bicyclic) bond motifs is 2. The number of anilines is 2. The van der Waals surface area contributed by atoms with Gasteiger partial charge in [-0.15, -0.1) is 11.3 Å². The van der Waals surface area contributed by atoms with Crippen molar-refractivity contribution >= 4 is 45.3 Å². The second kappa shape index (κ2) is 8.36. The molecule has 2 heterocycles. The third-order valence-corrected chi connectivity index (χ3v) is 6.17. The fourth-order valence-corrected chi connectivity index (χ4v) is 5.06. The van der Waals surface area contributed by atoms with Crippen molar-refractivity contribution in [1.29, 1.82) is 0 Å². The number of carbonyl (C=O) groups is 1. The normalized spacial score (nSPS) is 14.8. The molecule has 0 fully saturated rings. The molecule has 0 atom stereocenters. The molecule has 2 aromatic rings. The highest BCUT2D eigenvalue weighted by atomic mass is 32.1. The summed E-state index contributed by atoms with van der Waals surface area (Å²) in [7, 11) is 0. The van der Waals surface area contributed by atoms with Gasteiger partial charge in [0.1, 0.15) is 5.00 Å². The Balaban J connectivity index is 1.54. The zero-order valence-electron chi connectivity index (χ0n) is 15.6. The highest BCUT2D eigenvalue weighted by molar-refractivity contribution is 7.80. The second-order valence-electron chi connectivity index (χ2n) is 6.64. The van der Waals surface area contributed by atoms with E-state index in [9.17, 15) is 4.79 Å². The van der Waals surface area contributed by atoms with Crippen LogP contribution >= 0.6 is 23.6 Å². The lowest BCUT2D eigenvalue weighted by Crippen LogP contribution is -2.20. The van der Waals surface area contributed by atoms with E-state index in [0.717, 1.165) is 47.7 Å². The number of esters is 1. The summed E-state index contributed by atoms with van der Waals surface area (Å²) in [6.07, 6.45) is 5.33. The first-order valence-corrected chi connectivity index (χ1v) is 10.7. The van der Waals surface area contributed by atoms with E-state index in [1.54, 1.807) is 11.3 Å². The maximum atomic E-state index is 12.6. The number of ether oxygens (including phenoxy) is 3. The Morgan fingerprint density at radius 2 is 2.00 bits per heavy atom. The van der Waals surface area contributed by atoms with Crippen molar-refractivity contribution in [3.63, 3.8) is 0 Å². The van der Waals surface area contributed by atoms with Gasteiger partial charge >= 0.3 is 5.97 Å². The van der Waals surface area contributed by atoms with Crippen LogP contribution in [0.1, 0.15) is 47.0 Å². The molecule has 1 aliphatic heterocycles. The first-order chi connectivity index (χ1) is 13.7. The molecule has 4 rings (SSSR count). The molecular formula is C20H22N2O4S2. The highest BCUT2D eigenvalue weighted by Gasteiger charge is 2.26. The van der Waals surface area contributed by atoms with Gasteiger partial charge < -0.3 is 24.8 Å². The Kier molecular flexibility index (Phi) is 5.68. The van der Waals surface area contributed by atoms with E-state index in [4.69, 9.17) is 26.4 Å². The third kappa shape index (κ3) is 3.93. The van der Waals surface area contributed by atoms with Gasteiger partial charge in [0.25, 0.3) is 0 Å². The highest BCUT2D eigenvalue weighted by Crippen LogP contribution is 2.38. The molecule has 148 valence electrons. The number of aryl methyl sites for hydroxylation is 1. The van der Waals surface area contributed by atoms with Gasteiger partial charge in [0, 0.05) is 16.6 Å². The van der Waals surface area contributed by atoms with Crippen LogP contribution in [0.4, 0.5) is 10.7 Å². The average molecular weight is 419 g/mol. The van der Waals surface area contributed by atoms with Crippen LogP contribution in [0.25, 0.3) is 0 Å². The SMILES string of the molecule is CCOC(=O)c1c(NC(=S)Nc2ccc3c(c2)OCO3)sc2c1CCCCC2.